The zero-order valence-electron chi connectivity index (χ0n) is 14.3. The summed E-state index contributed by atoms with van der Waals surface area (Å²) in [7, 11) is 0. The first-order valence-electron chi connectivity index (χ1n) is 8.70. The van der Waals surface area contributed by atoms with Crippen LogP contribution >= 0.6 is 0 Å². The second kappa shape index (κ2) is 8.49. The molecule has 0 aromatic heterocycles. The molecule has 4 heteroatoms. The molecule has 0 bridgehead atoms. The van der Waals surface area contributed by atoms with Crippen LogP contribution in [-0.2, 0) is 6.54 Å². The van der Waals surface area contributed by atoms with Crippen molar-refractivity contribution < 1.29 is 9.90 Å². The molecule has 1 fully saturated rings. The van der Waals surface area contributed by atoms with Crippen LogP contribution in [0.15, 0.2) is 66.7 Å². The Morgan fingerprint density at radius 1 is 1.04 bits per heavy atom. The monoisotopic (exact) mass is 336 g/mol. The van der Waals surface area contributed by atoms with Gasteiger partial charge in [-0.2, -0.15) is 0 Å². The number of rotatable bonds is 5. The molecule has 0 saturated carbocycles. The van der Waals surface area contributed by atoms with Crippen LogP contribution in [0.4, 0.5) is 4.79 Å². The lowest BCUT2D eigenvalue weighted by Gasteiger charge is -2.39. The fraction of sp³-hybridized carbons (Fsp3) is 0.286. The van der Waals surface area contributed by atoms with E-state index in [-0.39, 0.29) is 6.04 Å². The van der Waals surface area contributed by atoms with Crippen molar-refractivity contribution in [2.24, 2.45) is 0 Å². The minimum Gasteiger partial charge on any atom is -0.465 e. The average molecular weight is 336 g/mol. The normalized spacial score (nSPS) is 18.6. The molecule has 0 spiro atoms. The highest BCUT2D eigenvalue weighted by Gasteiger charge is 2.29. The van der Waals surface area contributed by atoms with Crippen LogP contribution in [0.3, 0.4) is 0 Å². The minimum atomic E-state index is -0.822. The average Bonchev–Trinajstić information content (AvgIpc) is 2.63. The fourth-order valence-electron chi connectivity index (χ4n) is 3.28. The molecule has 2 aromatic rings. The van der Waals surface area contributed by atoms with Crippen LogP contribution in [0.25, 0.3) is 6.08 Å². The van der Waals surface area contributed by atoms with Gasteiger partial charge in [0.25, 0.3) is 0 Å². The third-order valence-electron chi connectivity index (χ3n) is 4.58. The van der Waals surface area contributed by atoms with Gasteiger partial charge >= 0.3 is 6.09 Å². The molecule has 0 unspecified atom stereocenters. The smallest absolute Gasteiger partial charge is 0.407 e. The Labute approximate surface area is 149 Å². The number of nitrogens with zero attached hydrogens (tertiary/aromatic N) is 2. The Hall–Kier alpha value is -2.59. The summed E-state index contributed by atoms with van der Waals surface area (Å²) in [5.74, 6) is 0. The van der Waals surface area contributed by atoms with Crippen LogP contribution in [0.1, 0.15) is 17.5 Å². The molecular weight excluding hydrogens is 312 g/mol. The van der Waals surface area contributed by atoms with Crippen molar-refractivity contribution in [1.29, 1.82) is 0 Å². The van der Waals surface area contributed by atoms with E-state index in [9.17, 15) is 9.90 Å². The molecular formula is C21H24N2O2. The molecule has 1 atom stereocenters. The van der Waals surface area contributed by atoms with Crippen molar-refractivity contribution in [3.05, 3.63) is 77.9 Å². The first kappa shape index (κ1) is 17.2. The predicted molar refractivity (Wildman–Crippen MR) is 100 cm³/mol. The highest BCUT2D eigenvalue weighted by molar-refractivity contribution is 5.65. The van der Waals surface area contributed by atoms with Crippen molar-refractivity contribution in [3.8, 4) is 0 Å². The van der Waals surface area contributed by atoms with E-state index in [2.05, 4.69) is 29.2 Å². The number of carbonyl (C=O) groups is 1. The largest absolute Gasteiger partial charge is 0.465 e. The number of amides is 1. The number of benzene rings is 2. The number of hydrogen-bond acceptors (Lipinski definition) is 2. The van der Waals surface area contributed by atoms with Gasteiger partial charge in [0.2, 0.25) is 0 Å². The Morgan fingerprint density at radius 3 is 2.40 bits per heavy atom. The van der Waals surface area contributed by atoms with Gasteiger partial charge in [0.15, 0.2) is 0 Å². The Balaban J connectivity index is 1.62. The van der Waals surface area contributed by atoms with Crippen molar-refractivity contribution >= 4 is 12.2 Å². The van der Waals surface area contributed by atoms with Gasteiger partial charge < -0.3 is 10.0 Å². The van der Waals surface area contributed by atoms with E-state index >= 15 is 0 Å². The van der Waals surface area contributed by atoms with E-state index in [1.165, 1.54) is 5.56 Å². The summed E-state index contributed by atoms with van der Waals surface area (Å²) in [5, 5.41) is 9.48. The van der Waals surface area contributed by atoms with Crippen molar-refractivity contribution in [1.82, 2.24) is 9.80 Å². The minimum absolute atomic E-state index is 0.00470. The van der Waals surface area contributed by atoms with Crippen molar-refractivity contribution in [3.63, 3.8) is 0 Å². The number of hydrogen-bond donors (Lipinski definition) is 1. The van der Waals surface area contributed by atoms with Gasteiger partial charge in [-0.1, -0.05) is 72.8 Å². The molecule has 0 aliphatic carbocycles. The second-order valence-electron chi connectivity index (χ2n) is 6.40. The zero-order chi connectivity index (χ0) is 17.5. The molecule has 1 aliphatic rings. The van der Waals surface area contributed by atoms with Crippen LogP contribution in [0.5, 0.6) is 0 Å². The Morgan fingerprint density at radius 2 is 1.72 bits per heavy atom. The summed E-state index contributed by atoms with van der Waals surface area (Å²) in [6.07, 6.45) is 4.06. The lowest BCUT2D eigenvalue weighted by molar-refractivity contribution is 0.0655. The maximum Gasteiger partial charge on any atom is 0.407 e. The summed E-state index contributed by atoms with van der Waals surface area (Å²) in [4.78, 5) is 15.5. The van der Waals surface area contributed by atoms with Gasteiger partial charge in [0, 0.05) is 26.2 Å². The van der Waals surface area contributed by atoms with Crippen LogP contribution in [0, 0.1) is 0 Å². The SMILES string of the molecule is O=C(O)N1CCN(Cc2ccccc2)C[C@H]1C/C=C/c1ccccc1. The van der Waals surface area contributed by atoms with Crippen LogP contribution < -0.4 is 0 Å². The molecule has 4 nitrogen and oxygen atoms in total. The van der Waals surface area contributed by atoms with E-state index in [1.54, 1.807) is 4.90 Å². The number of piperazine rings is 1. The van der Waals surface area contributed by atoms with Gasteiger partial charge in [0.05, 0.1) is 6.04 Å². The highest BCUT2D eigenvalue weighted by atomic mass is 16.4. The summed E-state index contributed by atoms with van der Waals surface area (Å²) < 4.78 is 0. The summed E-state index contributed by atoms with van der Waals surface area (Å²) in [6.45, 7) is 2.97. The van der Waals surface area contributed by atoms with E-state index in [4.69, 9.17) is 0 Å². The zero-order valence-corrected chi connectivity index (χ0v) is 14.3. The first-order chi connectivity index (χ1) is 12.2. The van der Waals surface area contributed by atoms with Gasteiger partial charge in [-0.25, -0.2) is 4.79 Å². The predicted octanol–water partition coefficient (Wildman–Crippen LogP) is 3.95. The lowest BCUT2D eigenvalue weighted by Crippen LogP contribution is -2.54. The maximum absolute atomic E-state index is 11.5. The van der Waals surface area contributed by atoms with Gasteiger partial charge in [-0.05, 0) is 17.5 Å². The van der Waals surface area contributed by atoms with E-state index in [0.717, 1.165) is 31.6 Å². The third kappa shape index (κ3) is 4.94. The standard InChI is InChI=1S/C21H24N2O2/c24-21(25)23-15-14-22(16-19-10-5-2-6-11-19)17-20(23)13-7-12-18-8-3-1-4-9-18/h1-12,20H,13-17H2,(H,24,25)/b12-7+/t20-/m1/s1. The first-order valence-corrected chi connectivity index (χ1v) is 8.70. The highest BCUT2D eigenvalue weighted by Crippen LogP contribution is 2.17. The Kier molecular flexibility index (Phi) is 5.86. The lowest BCUT2D eigenvalue weighted by atomic mass is 10.1. The topological polar surface area (TPSA) is 43.8 Å². The molecule has 3 rings (SSSR count). The molecule has 1 amide bonds. The molecule has 130 valence electrons. The third-order valence-corrected chi connectivity index (χ3v) is 4.58. The van der Waals surface area contributed by atoms with Crippen molar-refractivity contribution in [2.45, 2.75) is 19.0 Å². The van der Waals surface area contributed by atoms with E-state index in [0.29, 0.717) is 6.54 Å². The second-order valence-corrected chi connectivity index (χ2v) is 6.40. The molecule has 1 N–H and O–H groups in total. The fourth-order valence-corrected chi connectivity index (χ4v) is 3.28. The Bertz CT molecular complexity index is 700. The molecule has 1 aliphatic heterocycles. The van der Waals surface area contributed by atoms with E-state index in [1.807, 2.05) is 48.5 Å². The number of carboxylic acid groups (broad SMARTS) is 1. The molecule has 25 heavy (non-hydrogen) atoms. The molecule has 1 heterocycles. The molecule has 2 aromatic carbocycles. The summed E-state index contributed by atoms with van der Waals surface area (Å²) in [6, 6.07) is 20.4. The summed E-state index contributed by atoms with van der Waals surface area (Å²) in [5.41, 5.74) is 2.41. The van der Waals surface area contributed by atoms with Crippen LogP contribution in [-0.4, -0.2) is 46.7 Å². The molecule has 1 saturated heterocycles. The van der Waals surface area contributed by atoms with Gasteiger partial charge in [0.1, 0.15) is 0 Å². The molecule has 0 radical (unpaired) electrons. The van der Waals surface area contributed by atoms with Gasteiger partial charge in [-0.15, -0.1) is 0 Å². The maximum atomic E-state index is 11.5. The quantitative estimate of drug-likeness (QED) is 0.899. The van der Waals surface area contributed by atoms with Gasteiger partial charge in [-0.3, -0.25) is 4.90 Å². The van der Waals surface area contributed by atoms with Crippen LogP contribution in [0.2, 0.25) is 0 Å². The van der Waals surface area contributed by atoms with E-state index < -0.39 is 6.09 Å². The summed E-state index contributed by atoms with van der Waals surface area (Å²) >= 11 is 0. The van der Waals surface area contributed by atoms with Crippen molar-refractivity contribution in [2.75, 3.05) is 19.6 Å².